The van der Waals surface area contributed by atoms with Gasteiger partial charge in [-0.1, -0.05) is 6.07 Å². The molecule has 5 N–H and O–H groups in total. The molecule has 202 valence electrons. The number of anilines is 2. The number of benzene rings is 2. The molecule has 1 atom stereocenters. The van der Waals surface area contributed by atoms with Crippen LogP contribution in [0.3, 0.4) is 0 Å². The Hall–Kier alpha value is -4.32. The normalized spacial score (nSPS) is 11.8. The number of carbonyl (C=O) groups excluding carboxylic acids is 3. The summed E-state index contributed by atoms with van der Waals surface area (Å²) in [6.07, 6.45) is 0. The first kappa shape index (κ1) is 28.3. The maximum atomic E-state index is 14.1. The number of methoxy groups -OCH3 is 3. The zero-order chi connectivity index (χ0) is 28.2. The Morgan fingerprint density at radius 3 is 2.11 bits per heavy atom. The molecule has 0 bridgehead atoms. The molecule has 11 nitrogen and oxygen atoms in total. The molecule has 0 aliphatic heterocycles. The van der Waals surface area contributed by atoms with Crippen molar-refractivity contribution in [3.05, 3.63) is 58.6 Å². The van der Waals surface area contributed by atoms with Crippen molar-refractivity contribution in [3.63, 3.8) is 0 Å². The summed E-state index contributed by atoms with van der Waals surface area (Å²) in [4.78, 5) is 41.0. The van der Waals surface area contributed by atoms with Gasteiger partial charge >= 0.3 is 0 Å². The summed E-state index contributed by atoms with van der Waals surface area (Å²) in [6.45, 7) is 5.49. The van der Waals surface area contributed by atoms with E-state index in [4.69, 9.17) is 25.7 Å². The van der Waals surface area contributed by atoms with Crippen molar-refractivity contribution in [3.8, 4) is 17.2 Å². The third kappa shape index (κ3) is 5.97. The van der Waals surface area contributed by atoms with Crippen molar-refractivity contribution in [2.24, 2.45) is 5.73 Å². The standard InChI is InChI=1S/C26H31N5O6S/c1-26(2,3)29-24(33)21(14-7-12-17(36-5)18(13-14)37-6)31(15-8-10-16(35-4)11-9-15)25(34)22-19(27)20(23(28)32)30-38-22/h7-13,21H,27H2,1-6H3,(H2,28,32)(H,29,33)/t21-/m0/s1. The van der Waals surface area contributed by atoms with Crippen LogP contribution in [-0.4, -0.2) is 49.0 Å². The van der Waals surface area contributed by atoms with E-state index in [1.807, 2.05) is 20.8 Å². The number of ether oxygens (including phenoxy) is 3. The van der Waals surface area contributed by atoms with E-state index < -0.39 is 29.3 Å². The van der Waals surface area contributed by atoms with E-state index >= 15 is 0 Å². The lowest BCUT2D eigenvalue weighted by Gasteiger charge is -2.34. The van der Waals surface area contributed by atoms with E-state index in [-0.39, 0.29) is 16.3 Å². The second kappa shape index (κ2) is 11.4. The number of hydrogen-bond donors (Lipinski definition) is 3. The van der Waals surface area contributed by atoms with Crippen LogP contribution in [0, 0.1) is 0 Å². The number of amides is 3. The zero-order valence-corrected chi connectivity index (χ0v) is 22.8. The van der Waals surface area contributed by atoms with Crippen molar-refractivity contribution < 1.29 is 28.6 Å². The van der Waals surface area contributed by atoms with Crippen LogP contribution < -0.4 is 35.9 Å². The van der Waals surface area contributed by atoms with Gasteiger partial charge in [0.15, 0.2) is 17.2 Å². The molecule has 0 saturated carbocycles. The van der Waals surface area contributed by atoms with E-state index in [2.05, 4.69) is 9.69 Å². The average molecular weight is 542 g/mol. The molecule has 0 saturated heterocycles. The Kier molecular flexibility index (Phi) is 8.46. The summed E-state index contributed by atoms with van der Waals surface area (Å²) in [5, 5.41) is 2.95. The van der Waals surface area contributed by atoms with E-state index in [1.165, 1.54) is 26.2 Å². The number of nitrogens with two attached hydrogens (primary N) is 2. The van der Waals surface area contributed by atoms with Crippen molar-refractivity contribution in [2.75, 3.05) is 32.0 Å². The molecule has 3 aromatic rings. The molecule has 38 heavy (non-hydrogen) atoms. The van der Waals surface area contributed by atoms with E-state index in [0.717, 1.165) is 11.5 Å². The van der Waals surface area contributed by atoms with Gasteiger partial charge in [-0.05, 0) is 74.3 Å². The fraction of sp³-hybridized carbons (Fsp3) is 0.308. The molecule has 0 radical (unpaired) electrons. The number of rotatable bonds is 9. The summed E-state index contributed by atoms with van der Waals surface area (Å²) in [7, 11) is 4.49. The smallest absolute Gasteiger partial charge is 0.273 e. The average Bonchev–Trinajstić information content (AvgIpc) is 3.27. The van der Waals surface area contributed by atoms with Crippen LogP contribution in [0.4, 0.5) is 11.4 Å². The highest BCUT2D eigenvalue weighted by Gasteiger charge is 2.37. The van der Waals surface area contributed by atoms with Crippen LogP contribution in [0.5, 0.6) is 17.2 Å². The highest BCUT2D eigenvalue weighted by atomic mass is 32.1. The van der Waals surface area contributed by atoms with Gasteiger partial charge in [0.05, 0.1) is 27.0 Å². The van der Waals surface area contributed by atoms with E-state index in [1.54, 1.807) is 42.5 Å². The van der Waals surface area contributed by atoms with Gasteiger partial charge in [-0.3, -0.25) is 19.3 Å². The number of nitrogens with zero attached hydrogens (tertiary/aromatic N) is 2. The second-order valence-corrected chi connectivity index (χ2v) is 10.0. The number of nitrogens with one attached hydrogen (secondary N) is 1. The summed E-state index contributed by atoms with van der Waals surface area (Å²) < 4.78 is 20.0. The van der Waals surface area contributed by atoms with Crippen LogP contribution in [-0.2, 0) is 4.79 Å². The Morgan fingerprint density at radius 2 is 1.61 bits per heavy atom. The van der Waals surface area contributed by atoms with E-state index in [0.29, 0.717) is 28.5 Å². The lowest BCUT2D eigenvalue weighted by Crippen LogP contribution is -2.49. The summed E-state index contributed by atoms with van der Waals surface area (Å²) in [5.41, 5.74) is 11.3. The van der Waals surface area contributed by atoms with Gasteiger partial charge in [0.2, 0.25) is 5.91 Å². The van der Waals surface area contributed by atoms with Crippen LogP contribution >= 0.6 is 11.5 Å². The Bertz CT molecular complexity index is 1330. The minimum Gasteiger partial charge on any atom is -0.497 e. The first-order valence-electron chi connectivity index (χ1n) is 11.5. The fourth-order valence-corrected chi connectivity index (χ4v) is 4.49. The van der Waals surface area contributed by atoms with Crippen LogP contribution in [0.25, 0.3) is 0 Å². The second-order valence-electron chi connectivity index (χ2n) is 9.27. The van der Waals surface area contributed by atoms with Crippen LogP contribution in [0.15, 0.2) is 42.5 Å². The first-order chi connectivity index (χ1) is 17.9. The number of carbonyl (C=O) groups is 3. The summed E-state index contributed by atoms with van der Waals surface area (Å²) in [6, 6.07) is 10.4. The third-order valence-electron chi connectivity index (χ3n) is 5.45. The monoisotopic (exact) mass is 541 g/mol. The van der Waals surface area contributed by atoms with Gasteiger partial charge in [-0.2, -0.15) is 4.37 Å². The predicted molar refractivity (Wildman–Crippen MR) is 145 cm³/mol. The van der Waals surface area contributed by atoms with Gasteiger partial charge in [0.25, 0.3) is 11.8 Å². The van der Waals surface area contributed by atoms with Gasteiger partial charge in [-0.25, -0.2) is 0 Å². The number of nitrogen functional groups attached to an aromatic ring is 1. The Morgan fingerprint density at radius 1 is 0.974 bits per heavy atom. The summed E-state index contributed by atoms with van der Waals surface area (Å²) in [5.74, 6) is -0.610. The van der Waals surface area contributed by atoms with Gasteiger partial charge in [-0.15, -0.1) is 0 Å². The minimum atomic E-state index is -1.19. The molecular weight excluding hydrogens is 510 g/mol. The molecule has 12 heteroatoms. The topological polar surface area (TPSA) is 159 Å². The predicted octanol–water partition coefficient (Wildman–Crippen LogP) is 3.15. The number of hydrogen-bond acceptors (Lipinski definition) is 9. The highest BCUT2D eigenvalue weighted by Crippen LogP contribution is 2.37. The lowest BCUT2D eigenvalue weighted by atomic mass is 9.99. The number of aromatic nitrogens is 1. The summed E-state index contributed by atoms with van der Waals surface area (Å²) >= 11 is 0.726. The molecule has 3 rings (SSSR count). The van der Waals surface area contributed by atoms with Gasteiger partial charge < -0.3 is 31.0 Å². The molecule has 3 amide bonds. The van der Waals surface area contributed by atoms with Crippen LogP contribution in [0.2, 0.25) is 0 Å². The van der Waals surface area contributed by atoms with Crippen molar-refractivity contribution >= 4 is 40.6 Å². The molecule has 0 aliphatic carbocycles. The van der Waals surface area contributed by atoms with Gasteiger partial charge in [0.1, 0.15) is 16.7 Å². The molecule has 0 spiro atoms. The maximum Gasteiger partial charge on any atom is 0.273 e. The fourth-order valence-electron chi connectivity index (χ4n) is 3.74. The maximum absolute atomic E-state index is 14.1. The van der Waals surface area contributed by atoms with Crippen molar-refractivity contribution in [1.82, 2.24) is 9.69 Å². The lowest BCUT2D eigenvalue weighted by molar-refractivity contribution is -0.123. The molecule has 2 aromatic carbocycles. The quantitative estimate of drug-likeness (QED) is 0.373. The third-order valence-corrected chi connectivity index (χ3v) is 6.30. The van der Waals surface area contributed by atoms with Gasteiger partial charge in [0, 0.05) is 11.2 Å². The molecule has 1 aromatic heterocycles. The molecule has 0 aliphatic rings. The Balaban J connectivity index is 2.28. The zero-order valence-electron chi connectivity index (χ0n) is 22.0. The molecule has 1 heterocycles. The van der Waals surface area contributed by atoms with Crippen LogP contribution in [0.1, 0.15) is 52.5 Å². The Labute approximate surface area is 224 Å². The van der Waals surface area contributed by atoms with Crippen molar-refractivity contribution in [1.29, 1.82) is 0 Å². The largest absolute Gasteiger partial charge is 0.497 e. The minimum absolute atomic E-state index is 0.0383. The molecular formula is C26H31N5O6S. The highest BCUT2D eigenvalue weighted by molar-refractivity contribution is 7.09. The molecule has 0 fully saturated rings. The van der Waals surface area contributed by atoms with E-state index in [9.17, 15) is 14.4 Å². The molecule has 0 unspecified atom stereocenters. The SMILES string of the molecule is COc1ccc(N(C(=O)c2snc(C(N)=O)c2N)[C@H](C(=O)NC(C)(C)C)c2ccc(OC)c(OC)c2)cc1. The first-order valence-corrected chi connectivity index (χ1v) is 12.3. The van der Waals surface area contributed by atoms with Crippen molar-refractivity contribution in [2.45, 2.75) is 32.4 Å². The number of primary amides is 1.